The van der Waals surface area contributed by atoms with Crippen molar-refractivity contribution in [3.8, 4) is 0 Å². The van der Waals surface area contributed by atoms with Gasteiger partial charge in [-0.25, -0.2) is 0 Å². The Morgan fingerprint density at radius 2 is 2.15 bits per heavy atom. The van der Waals surface area contributed by atoms with Gasteiger partial charge in [0.05, 0.1) is 24.5 Å². The second-order valence-electron chi connectivity index (χ2n) is 4.15. The molecule has 0 unspecified atom stereocenters. The van der Waals surface area contributed by atoms with E-state index in [0.29, 0.717) is 12.2 Å². The fraction of sp³-hybridized carbons (Fsp3) is 0.0769. The van der Waals surface area contributed by atoms with Crippen molar-refractivity contribution in [3.63, 3.8) is 0 Å². The first-order valence-electron chi connectivity index (χ1n) is 5.96. The third kappa shape index (κ3) is 2.89. The van der Waals surface area contributed by atoms with E-state index < -0.39 is 0 Å². The average Bonchev–Trinajstić information content (AvgIpc) is 3.13. The molecule has 7 heteroatoms. The van der Waals surface area contributed by atoms with E-state index in [1.54, 1.807) is 6.20 Å². The summed E-state index contributed by atoms with van der Waals surface area (Å²) in [5.41, 5.74) is 2.17. The summed E-state index contributed by atoms with van der Waals surface area (Å²) in [4.78, 5) is 11.8. The molecule has 0 radical (unpaired) electrons. The van der Waals surface area contributed by atoms with E-state index in [-0.39, 0.29) is 5.91 Å². The van der Waals surface area contributed by atoms with Gasteiger partial charge in [-0.15, -0.1) is 0 Å². The van der Waals surface area contributed by atoms with Gasteiger partial charge in [0, 0.05) is 18.1 Å². The summed E-state index contributed by atoms with van der Waals surface area (Å²) in [6.45, 7) is 0.706. The summed E-state index contributed by atoms with van der Waals surface area (Å²) in [7, 11) is 0. The zero-order valence-corrected chi connectivity index (χ0v) is 11.2. The molecule has 0 saturated carbocycles. The Hall–Kier alpha value is -2.54. The van der Waals surface area contributed by atoms with Crippen molar-refractivity contribution >= 4 is 23.3 Å². The molecular formula is C13H11N5OS. The van der Waals surface area contributed by atoms with E-state index in [9.17, 15) is 4.79 Å². The van der Waals surface area contributed by atoms with Crippen LogP contribution < -0.4 is 5.32 Å². The number of carbonyl (C=O) groups is 1. The van der Waals surface area contributed by atoms with Crippen LogP contribution in [0.25, 0.3) is 0 Å². The monoisotopic (exact) mass is 285 g/mol. The number of benzene rings is 1. The zero-order valence-electron chi connectivity index (χ0n) is 10.4. The highest BCUT2D eigenvalue weighted by Gasteiger charge is 2.08. The average molecular weight is 285 g/mol. The lowest BCUT2D eigenvalue weighted by Gasteiger charge is -2.05. The smallest absolute Gasteiger partial charge is 0.277 e. The normalized spacial score (nSPS) is 10.4. The lowest BCUT2D eigenvalue weighted by molar-refractivity contribution is 0.102. The minimum absolute atomic E-state index is 0.251. The molecule has 0 spiro atoms. The van der Waals surface area contributed by atoms with Crippen LogP contribution in [0.15, 0.2) is 48.9 Å². The first-order chi connectivity index (χ1) is 9.81. The third-order valence-corrected chi connectivity index (χ3v) is 3.19. The molecule has 1 aromatic carbocycles. The number of nitrogens with zero attached hydrogens (tertiary/aromatic N) is 4. The largest absolute Gasteiger partial charge is 0.321 e. The van der Waals surface area contributed by atoms with E-state index >= 15 is 0 Å². The molecule has 0 saturated heterocycles. The second kappa shape index (κ2) is 5.62. The van der Waals surface area contributed by atoms with Crippen molar-refractivity contribution in [2.45, 2.75) is 6.54 Å². The summed E-state index contributed by atoms with van der Waals surface area (Å²) in [6, 6.07) is 9.51. The first kappa shape index (κ1) is 12.5. The number of hydrogen-bond acceptors (Lipinski definition) is 5. The molecule has 2 aromatic heterocycles. The lowest BCUT2D eigenvalue weighted by Crippen LogP contribution is -2.12. The van der Waals surface area contributed by atoms with Crippen LogP contribution in [0.5, 0.6) is 0 Å². The van der Waals surface area contributed by atoms with Gasteiger partial charge >= 0.3 is 0 Å². The van der Waals surface area contributed by atoms with Gasteiger partial charge in [-0.05, 0) is 23.8 Å². The van der Waals surface area contributed by atoms with E-state index in [0.717, 1.165) is 23.0 Å². The number of amides is 1. The van der Waals surface area contributed by atoms with E-state index in [1.165, 1.54) is 6.20 Å². The Kier molecular flexibility index (Phi) is 3.51. The van der Waals surface area contributed by atoms with Gasteiger partial charge in [-0.1, -0.05) is 12.1 Å². The lowest BCUT2D eigenvalue weighted by atomic mass is 10.2. The second-order valence-corrected chi connectivity index (χ2v) is 4.70. The number of carbonyl (C=O) groups excluding carboxylic acids is 1. The van der Waals surface area contributed by atoms with Gasteiger partial charge in [-0.3, -0.25) is 9.48 Å². The van der Waals surface area contributed by atoms with Gasteiger partial charge in [0.2, 0.25) is 0 Å². The van der Waals surface area contributed by atoms with E-state index in [2.05, 4.69) is 19.2 Å². The predicted molar refractivity (Wildman–Crippen MR) is 75.6 cm³/mol. The molecule has 1 N–H and O–H groups in total. The first-order valence-corrected chi connectivity index (χ1v) is 6.69. The summed E-state index contributed by atoms with van der Waals surface area (Å²) in [5.74, 6) is -0.251. The van der Waals surface area contributed by atoms with E-state index in [4.69, 9.17) is 0 Å². The number of anilines is 1. The number of hydrogen-bond donors (Lipinski definition) is 1. The van der Waals surface area contributed by atoms with Crippen LogP contribution in [0.4, 0.5) is 5.69 Å². The van der Waals surface area contributed by atoms with Crippen LogP contribution >= 0.6 is 11.7 Å². The summed E-state index contributed by atoms with van der Waals surface area (Å²) >= 11 is 1.01. The van der Waals surface area contributed by atoms with E-state index in [1.807, 2.05) is 41.2 Å². The highest BCUT2D eigenvalue weighted by atomic mass is 32.1. The summed E-state index contributed by atoms with van der Waals surface area (Å²) < 4.78 is 9.53. The van der Waals surface area contributed by atoms with Crippen molar-refractivity contribution in [3.05, 3.63) is 60.2 Å². The Morgan fingerprint density at radius 3 is 2.80 bits per heavy atom. The fourth-order valence-corrected chi connectivity index (χ4v) is 2.15. The topological polar surface area (TPSA) is 72.7 Å². The minimum Gasteiger partial charge on any atom is -0.321 e. The van der Waals surface area contributed by atoms with Crippen LogP contribution in [0.3, 0.4) is 0 Å². The third-order valence-electron chi connectivity index (χ3n) is 2.71. The van der Waals surface area contributed by atoms with Gasteiger partial charge in [-0.2, -0.15) is 13.8 Å². The minimum atomic E-state index is -0.251. The molecule has 0 fully saturated rings. The van der Waals surface area contributed by atoms with Crippen molar-refractivity contribution in [2.75, 3.05) is 5.32 Å². The molecule has 2 heterocycles. The highest BCUT2D eigenvalue weighted by molar-refractivity contribution is 6.99. The molecule has 0 bridgehead atoms. The Labute approximate surface area is 119 Å². The van der Waals surface area contributed by atoms with Crippen molar-refractivity contribution < 1.29 is 4.79 Å². The summed E-state index contributed by atoms with van der Waals surface area (Å²) in [5, 5.41) is 6.92. The van der Waals surface area contributed by atoms with Crippen LogP contribution in [-0.4, -0.2) is 24.4 Å². The maximum Gasteiger partial charge on any atom is 0.277 e. The Balaban J connectivity index is 1.65. The Bertz CT molecular complexity index is 676. The molecule has 3 aromatic rings. The van der Waals surface area contributed by atoms with Crippen LogP contribution in [-0.2, 0) is 6.54 Å². The maximum atomic E-state index is 11.8. The molecule has 0 aliphatic heterocycles. The quantitative estimate of drug-likeness (QED) is 0.796. The Morgan fingerprint density at radius 1 is 1.30 bits per heavy atom. The molecule has 20 heavy (non-hydrogen) atoms. The van der Waals surface area contributed by atoms with Gasteiger partial charge in [0.1, 0.15) is 0 Å². The molecule has 0 aliphatic rings. The number of aromatic nitrogens is 4. The maximum absolute atomic E-state index is 11.8. The van der Waals surface area contributed by atoms with Crippen molar-refractivity contribution in [1.29, 1.82) is 0 Å². The predicted octanol–water partition coefficient (Wildman–Crippen LogP) is 2.04. The SMILES string of the molecule is O=C(Nc1ccc(Cn2cccn2)cc1)c1cnsn1. The molecule has 1 amide bonds. The van der Waals surface area contributed by atoms with Crippen LogP contribution in [0, 0.1) is 0 Å². The fourth-order valence-electron chi connectivity index (χ4n) is 1.73. The van der Waals surface area contributed by atoms with Crippen LogP contribution in [0.1, 0.15) is 16.1 Å². The molecule has 100 valence electrons. The standard InChI is InChI=1S/C13H11N5OS/c19-13(12-8-15-20-17-12)16-11-4-2-10(3-5-11)9-18-7-1-6-14-18/h1-8H,9H2,(H,16,19). The number of nitrogens with one attached hydrogen (secondary N) is 1. The highest BCUT2D eigenvalue weighted by Crippen LogP contribution is 2.11. The number of rotatable bonds is 4. The van der Waals surface area contributed by atoms with Gasteiger partial charge < -0.3 is 5.32 Å². The molecule has 0 aliphatic carbocycles. The van der Waals surface area contributed by atoms with Crippen molar-refractivity contribution in [1.82, 2.24) is 18.5 Å². The molecule has 3 rings (SSSR count). The van der Waals surface area contributed by atoms with Gasteiger partial charge in [0.25, 0.3) is 5.91 Å². The summed E-state index contributed by atoms with van der Waals surface area (Å²) in [6.07, 6.45) is 5.10. The van der Waals surface area contributed by atoms with Crippen LogP contribution in [0.2, 0.25) is 0 Å². The molecule has 6 nitrogen and oxygen atoms in total. The van der Waals surface area contributed by atoms with Gasteiger partial charge in [0.15, 0.2) is 5.69 Å². The molecular weight excluding hydrogens is 274 g/mol. The van der Waals surface area contributed by atoms with Crippen molar-refractivity contribution in [2.24, 2.45) is 0 Å². The zero-order chi connectivity index (χ0) is 13.8. The molecule has 0 atom stereocenters.